The van der Waals surface area contributed by atoms with Crippen molar-refractivity contribution in [3.05, 3.63) is 11.8 Å². The molecule has 2 rings (SSSR count). The molecule has 0 bridgehead atoms. The molecule has 0 aromatic heterocycles. The third-order valence-corrected chi connectivity index (χ3v) is 4.64. The monoisotopic (exact) mass is 288 g/mol. The predicted molar refractivity (Wildman–Crippen MR) is 85.9 cm³/mol. The van der Waals surface area contributed by atoms with Crippen LogP contribution < -0.4 is 0 Å². The average Bonchev–Trinajstić information content (AvgIpc) is 2.55. The molecule has 1 aliphatic carbocycles. The molecule has 2 aliphatic rings. The van der Waals surface area contributed by atoms with Gasteiger partial charge in [-0.1, -0.05) is 32.6 Å². The van der Waals surface area contributed by atoms with E-state index in [9.17, 15) is 0 Å². The lowest BCUT2D eigenvalue weighted by Crippen LogP contribution is -2.24. The summed E-state index contributed by atoms with van der Waals surface area (Å²) < 4.78 is 5.78. The Morgan fingerprint density at radius 3 is 2.57 bits per heavy atom. The van der Waals surface area contributed by atoms with Crippen molar-refractivity contribution < 1.29 is 4.74 Å². The minimum absolute atomic E-state index is 0.250. The molecule has 0 N–H and O–H groups in total. The van der Waals surface area contributed by atoms with E-state index in [1.165, 1.54) is 37.7 Å². The number of aliphatic imine (C=N–C) groups is 1. The summed E-state index contributed by atoms with van der Waals surface area (Å²) in [5.41, 5.74) is 1.33. The highest BCUT2D eigenvalue weighted by atomic mass is 16.5. The van der Waals surface area contributed by atoms with E-state index in [2.05, 4.69) is 18.0 Å². The van der Waals surface area contributed by atoms with Crippen molar-refractivity contribution in [3.8, 4) is 6.07 Å². The largest absolute Gasteiger partial charge is 0.451 e. The summed E-state index contributed by atoms with van der Waals surface area (Å²) in [4.78, 5) is 4.64. The Bertz CT molecular complexity index is 411. The fourth-order valence-corrected chi connectivity index (χ4v) is 3.19. The van der Waals surface area contributed by atoms with Gasteiger partial charge in [-0.3, -0.25) is 4.99 Å². The minimum Gasteiger partial charge on any atom is -0.451 e. The third-order valence-electron chi connectivity index (χ3n) is 4.64. The van der Waals surface area contributed by atoms with E-state index in [4.69, 9.17) is 10.00 Å². The van der Waals surface area contributed by atoms with Gasteiger partial charge in [-0.25, -0.2) is 0 Å². The maximum atomic E-state index is 8.94. The van der Waals surface area contributed by atoms with Gasteiger partial charge in [0.15, 0.2) is 5.90 Å². The molecule has 0 radical (unpaired) electrons. The summed E-state index contributed by atoms with van der Waals surface area (Å²) in [6, 6.07) is 2.38. The maximum Gasteiger partial charge on any atom is 0.192 e. The van der Waals surface area contributed by atoms with Crippen LogP contribution in [0.2, 0.25) is 0 Å². The van der Waals surface area contributed by atoms with Gasteiger partial charge in [0.25, 0.3) is 0 Å². The zero-order valence-electron chi connectivity index (χ0n) is 13.3. The molecule has 0 spiro atoms. The molecule has 21 heavy (non-hydrogen) atoms. The Kier molecular flexibility index (Phi) is 6.79. The van der Waals surface area contributed by atoms with E-state index in [1.54, 1.807) is 0 Å². The van der Waals surface area contributed by atoms with Crippen LogP contribution in [0.15, 0.2) is 16.8 Å². The summed E-state index contributed by atoms with van der Waals surface area (Å²) in [7, 11) is 0. The second-order valence-electron chi connectivity index (χ2n) is 6.39. The Labute approximate surface area is 129 Å². The number of nitrogens with zero attached hydrogens (tertiary/aromatic N) is 2. The number of ether oxygens (including phenoxy) is 1. The maximum absolute atomic E-state index is 8.94. The first kappa shape index (κ1) is 16.1. The van der Waals surface area contributed by atoms with Gasteiger partial charge in [0.1, 0.15) is 0 Å². The summed E-state index contributed by atoms with van der Waals surface area (Å²) in [5.74, 6) is 1.61. The SMILES string of the molecule is CCCCCCCC1=COC(C2CCC(C#N)CC2)=NC1. The van der Waals surface area contributed by atoms with Gasteiger partial charge in [-0.05, 0) is 44.1 Å². The molecule has 1 saturated carbocycles. The van der Waals surface area contributed by atoms with Gasteiger partial charge in [0, 0.05) is 11.8 Å². The zero-order valence-corrected chi connectivity index (χ0v) is 13.3. The molecule has 0 atom stereocenters. The van der Waals surface area contributed by atoms with Crippen LogP contribution in [0, 0.1) is 23.2 Å². The molecule has 0 aromatic carbocycles. The molecule has 3 nitrogen and oxygen atoms in total. The van der Waals surface area contributed by atoms with Gasteiger partial charge in [-0.2, -0.15) is 5.26 Å². The predicted octanol–water partition coefficient (Wildman–Crippen LogP) is 4.99. The lowest BCUT2D eigenvalue weighted by Gasteiger charge is -2.26. The molecule has 1 fully saturated rings. The Balaban J connectivity index is 1.66. The van der Waals surface area contributed by atoms with E-state index in [0.717, 1.165) is 44.5 Å². The van der Waals surface area contributed by atoms with Gasteiger partial charge in [-0.15, -0.1) is 0 Å². The van der Waals surface area contributed by atoms with Crippen molar-refractivity contribution >= 4 is 5.90 Å². The van der Waals surface area contributed by atoms with E-state index in [0.29, 0.717) is 5.92 Å². The van der Waals surface area contributed by atoms with Crippen molar-refractivity contribution in [1.82, 2.24) is 0 Å². The van der Waals surface area contributed by atoms with E-state index in [-0.39, 0.29) is 5.92 Å². The Morgan fingerprint density at radius 1 is 1.19 bits per heavy atom. The fourth-order valence-electron chi connectivity index (χ4n) is 3.19. The van der Waals surface area contributed by atoms with Crippen LogP contribution >= 0.6 is 0 Å². The Hall–Kier alpha value is -1.30. The van der Waals surface area contributed by atoms with Crippen LogP contribution in [-0.2, 0) is 4.74 Å². The highest BCUT2D eigenvalue weighted by molar-refractivity contribution is 5.80. The van der Waals surface area contributed by atoms with Crippen molar-refractivity contribution in [2.24, 2.45) is 16.8 Å². The summed E-state index contributed by atoms with van der Waals surface area (Å²) in [5, 5.41) is 8.94. The fraction of sp³-hybridized carbons (Fsp3) is 0.778. The van der Waals surface area contributed by atoms with Crippen molar-refractivity contribution in [2.45, 2.75) is 71.1 Å². The lowest BCUT2D eigenvalue weighted by molar-refractivity contribution is 0.322. The first-order valence-electron chi connectivity index (χ1n) is 8.62. The average molecular weight is 288 g/mol. The molecule has 3 heteroatoms. The molecule has 0 unspecified atom stereocenters. The van der Waals surface area contributed by atoms with Crippen LogP contribution in [0.1, 0.15) is 71.1 Å². The molecular weight excluding hydrogens is 260 g/mol. The van der Waals surface area contributed by atoms with Crippen molar-refractivity contribution in [3.63, 3.8) is 0 Å². The number of unbranched alkanes of at least 4 members (excludes halogenated alkanes) is 4. The minimum atomic E-state index is 0.250. The zero-order chi connectivity index (χ0) is 14.9. The van der Waals surface area contributed by atoms with Gasteiger partial charge in [0.2, 0.25) is 0 Å². The second kappa shape index (κ2) is 8.87. The van der Waals surface area contributed by atoms with Gasteiger partial charge in [0.05, 0.1) is 18.9 Å². The number of nitriles is 1. The first-order valence-corrected chi connectivity index (χ1v) is 8.62. The summed E-state index contributed by atoms with van der Waals surface area (Å²) in [6.07, 6.45) is 13.7. The molecule has 0 aromatic rings. The van der Waals surface area contributed by atoms with E-state index < -0.39 is 0 Å². The second-order valence-corrected chi connectivity index (χ2v) is 6.39. The molecule has 1 heterocycles. The lowest BCUT2D eigenvalue weighted by atomic mass is 9.82. The smallest absolute Gasteiger partial charge is 0.192 e. The molecule has 0 saturated heterocycles. The number of hydrogen-bond acceptors (Lipinski definition) is 3. The van der Waals surface area contributed by atoms with Gasteiger partial charge >= 0.3 is 0 Å². The summed E-state index contributed by atoms with van der Waals surface area (Å²) >= 11 is 0. The van der Waals surface area contributed by atoms with Crippen LogP contribution in [0.25, 0.3) is 0 Å². The normalized spacial score (nSPS) is 25.5. The first-order chi connectivity index (χ1) is 10.3. The highest BCUT2D eigenvalue weighted by Crippen LogP contribution is 2.30. The molecular formula is C18H28N2O. The molecule has 116 valence electrons. The van der Waals surface area contributed by atoms with Crippen LogP contribution in [0.5, 0.6) is 0 Å². The third kappa shape index (κ3) is 5.19. The van der Waals surface area contributed by atoms with Crippen LogP contribution in [0.3, 0.4) is 0 Å². The van der Waals surface area contributed by atoms with Crippen LogP contribution in [-0.4, -0.2) is 12.4 Å². The standard InChI is InChI=1S/C18H28N2O/c1-2-3-4-5-6-7-16-13-20-18(21-14-16)17-10-8-15(12-19)9-11-17/h14-15,17H,2-11,13H2,1H3. The van der Waals surface area contributed by atoms with Crippen LogP contribution in [0.4, 0.5) is 0 Å². The van der Waals surface area contributed by atoms with Crippen molar-refractivity contribution in [2.75, 3.05) is 6.54 Å². The summed E-state index contributed by atoms with van der Waals surface area (Å²) in [6.45, 7) is 3.07. The molecule has 1 aliphatic heterocycles. The molecule has 0 amide bonds. The van der Waals surface area contributed by atoms with E-state index in [1.807, 2.05) is 6.26 Å². The van der Waals surface area contributed by atoms with Gasteiger partial charge < -0.3 is 4.74 Å². The number of rotatable bonds is 7. The van der Waals surface area contributed by atoms with E-state index >= 15 is 0 Å². The number of hydrogen-bond donors (Lipinski definition) is 0. The highest BCUT2D eigenvalue weighted by Gasteiger charge is 2.26. The Morgan fingerprint density at radius 2 is 1.95 bits per heavy atom. The quantitative estimate of drug-likeness (QED) is 0.619. The van der Waals surface area contributed by atoms with Crippen molar-refractivity contribution in [1.29, 1.82) is 5.26 Å². The topological polar surface area (TPSA) is 45.4 Å².